The van der Waals surface area contributed by atoms with Crippen molar-refractivity contribution in [3.05, 3.63) is 47.2 Å². The molecule has 102 valence electrons. The number of nitrogens with two attached hydrogens (primary N) is 2. The van der Waals surface area contributed by atoms with Crippen molar-refractivity contribution in [3.8, 4) is 11.1 Å². The third kappa shape index (κ3) is 1.72. The predicted molar refractivity (Wildman–Crippen MR) is 82.1 cm³/mol. The molecule has 3 nitrogen and oxygen atoms in total. The van der Waals surface area contributed by atoms with E-state index in [-0.39, 0.29) is 5.02 Å². The Kier molecular flexibility index (Phi) is 2.83. The van der Waals surface area contributed by atoms with Crippen molar-refractivity contribution in [2.24, 2.45) is 7.05 Å². The summed E-state index contributed by atoms with van der Waals surface area (Å²) >= 11 is 5.86. The van der Waals surface area contributed by atoms with Gasteiger partial charge in [0.15, 0.2) is 0 Å². The molecule has 2 aromatic carbocycles. The van der Waals surface area contributed by atoms with E-state index in [1.165, 1.54) is 6.07 Å². The van der Waals surface area contributed by atoms with E-state index in [2.05, 4.69) is 0 Å². The van der Waals surface area contributed by atoms with Crippen LogP contribution in [0.15, 0.2) is 36.4 Å². The van der Waals surface area contributed by atoms with Crippen LogP contribution in [-0.2, 0) is 7.05 Å². The monoisotopic (exact) mass is 289 g/mol. The van der Waals surface area contributed by atoms with Gasteiger partial charge in [-0.1, -0.05) is 29.8 Å². The Morgan fingerprint density at radius 2 is 1.90 bits per heavy atom. The number of aromatic nitrogens is 1. The highest BCUT2D eigenvalue weighted by molar-refractivity contribution is 6.31. The molecule has 0 spiro atoms. The number of anilines is 2. The zero-order valence-electron chi connectivity index (χ0n) is 10.8. The maximum atomic E-state index is 13.3. The zero-order chi connectivity index (χ0) is 14.4. The van der Waals surface area contributed by atoms with Gasteiger partial charge < -0.3 is 16.0 Å². The Labute approximate surface area is 120 Å². The number of benzene rings is 2. The average Bonchev–Trinajstić information content (AvgIpc) is 2.67. The van der Waals surface area contributed by atoms with Gasteiger partial charge in [0, 0.05) is 12.4 Å². The lowest BCUT2D eigenvalue weighted by Crippen LogP contribution is -1.97. The lowest BCUT2D eigenvalue weighted by Gasteiger charge is -2.06. The van der Waals surface area contributed by atoms with Gasteiger partial charge in [-0.25, -0.2) is 4.39 Å². The number of halogens is 2. The van der Waals surface area contributed by atoms with Crippen LogP contribution in [0.3, 0.4) is 0 Å². The van der Waals surface area contributed by atoms with Gasteiger partial charge in [0.2, 0.25) is 0 Å². The van der Waals surface area contributed by atoms with Crippen LogP contribution >= 0.6 is 11.6 Å². The molecule has 5 heteroatoms. The quantitative estimate of drug-likeness (QED) is 0.716. The summed E-state index contributed by atoms with van der Waals surface area (Å²) in [6, 6.07) is 10.4. The molecule has 1 aromatic heterocycles. The lowest BCUT2D eigenvalue weighted by atomic mass is 10.0. The molecule has 0 fully saturated rings. The molecule has 0 amide bonds. The molecule has 20 heavy (non-hydrogen) atoms. The standard InChI is InChI=1S/C15H13ClFN3/c1-20-12-4-2-3-9(13(12)14(18)15(20)19)8-5-6-11(17)10(16)7-8/h2-7H,18-19H2,1H3. The summed E-state index contributed by atoms with van der Waals surface area (Å²) < 4.78 is 15.1. The minimum absolute atomic E-state index is 0.0852. The maximum Gasteiger partial charge on any atom is 0.141 e. The van der Waals surface area contributed by atoms with Crippen LogP contribution in [0.2, 0.25) is 5.02 Å². The number of aryl methyl sites for hydroxylation is 1. The molecule has 0 radical (unpaired) electrons. The second-order valence-corrected chi connectivity index (χ2v) is 5.09. The normalized spacial score (nSPS) is 11.2. The van der Waals surface area contributed by atoms with E-state index in [0.717, 1.165) is 22.0 Å². The average molecular weight is 290 g/mol. The first kappa shape index (κ1) is 12.8. The Morgan fingerprint density at radius 1 is 1.15 bits per heavy atom. The minimum Gasteiger partial charge on any atom is -0.395 e. The van der Waals surface area contributed by atoms with Gasteiger partial charge in [-0.05, 0) is 29.3 Å². The maximum absolute atomic E-state index is 13.3. The van der Waals surface area contributed by atoms with Gasteiger partial charge in [0.25, 0.3) is 0 Å². The van der Waals surface area contributed by atoms with Crippen molar-refractivity contribution in [2.75, 3.05) is 11.5 Å². The number of nitrogens with zero attached hydrogens (tertiary/aromatic N) is 1. The van der Waals surface area contributed by atoms with Crippen LogP contribution in [-0.4, -0.2) is 4.57 Å². The molecular formula is C15H13ClFN3. The fourth-order valence-corrected chi connectivity index (χ4v) is 2.63. The predicted octanol–water partition coefficient (Wildman–Crippen LogP) is 3.80. The Morgan fingerprint density at radius 3 is 2.60 bits per heavy atom. The van der Waals surface area contributed by atoms with Crippen molar-refractivity contribution < 1.29 is 4.39 Å². The molecule has 0 atom stereocenters. The van der Waals surface area contributed by atoms with Crippen molar-refractivity contribution in [3.63, 3.8) is 0 Å². The van der Waals surface area contributed by atoms with Crippen molar-refractivity contribution in [1.82, 2.24) is 4.57 Å². The van der Waals surface area contributed by atoms with Gasteiger partial charge in [-0.15, -0.1) is 0 Å². The van der Waals surface area contributed by atoms with E-state index in [4.69, 9.17) is 23.1 Å². The highest BCUT2D eigenvalue weighted by atomic mass is 35.5. The molecule has 0 unspecified atom stereocenters. The number of nitrogen functional groups attached to an aromatic ring is 2. The SMILES string of the molecule is Cn1c(N)c(N)c2c(-c3ccc(F)c(Cl)c3)cccc21. The summed E-state index contributed by atoms with van der Waals surface area (Å²) in [5.74, 6) is 0.0730. The van der Waals surface area contributed by atoms with E-state index in [9.17, 15) is 4.39 Å². The van der Waals surface area contributed by atoms with Crippen molar-refractivity contribution in [1.29, 1.82) is 0 Å². The van der Waals surface area contributed by atoms with Gasteiger partial charge in [0.05, 0.1) is 16.2 Å². The largest absolute Gasteiger partial charge is 0.395 e. The van der Waals surface area contributed by atoms with Crippen molar-refractivity contribution in [2.45, 2.75) is 0 Å². The fraction of sp³-hybridized carbons (Fsp3) is 0.0667. The second kappa shape index (κ2) is 4.42. The Balaban J connectivity index is 2.36. The number of rotatable bonds is 1. The highest BCUT2D eigenvalue weighted by Gasteiger charge is 2.15. The molecule has 0 bridgehead atoms. The van der Waals surface area contributed by atoms with Gasteiger partial charge in [-0.2, -0.15) is 0 Å². The summed E-state index contributed by atoms with van der Waals surface area (Å²) in [5.41, 5.74) is 15.2. The van der Waals surface area contributed by atoms with E-state index in [0.29, 0.717) is 11.5 Å². The van der Waals surface area contributed by atoms with E-state index in [1.54, 1.807) is 12.1 Å². The van der Waals surface area contributed by atoms with Crippen molar-refractivity contribution >= 4 is 34.0 Å². The Bertz CT molecular complexity index is 824. The number of hydrogen-bond donors (Lipinski definition) is 2. The van der Waals surface area contributed by atoms with Crippen LogP contribution < -0.4 is 11.5 Å². The number of hydrogen-bond acceptors (Lipinski definition) is 2. The molecule has 0 aliphatic carbocycles. The number of fused-ring (bicyclic) bond motifs is 1. The summed E-state index contributed by atoms with van der Waals surface area (Å²) in [7, 11) is 1.86. The lowest BCUT2D eigenvalue weighted by molar-refractivity contribution is 0.628. The first-order valence-corrected chi connectivity index (χ1v) is 6.46. The van der Waals surface area contributed by atoms with Crippen LogP contribution in [0.4, 0.5) is 15.9 Å². The molecule has 0 saturated heterocycles. The van der Waals surface area contributed by atoms with Gasteiger partial charge >= 0.3 is 0 Å². The molecule has 0 saturated carbocycles. The van der Waals surface area contributed by atoms with Crippen LogP contribution in [0.25, 0.3) is 22.0 Å². The van der Waals surface area contributed by atoms with E-state index < -0.39 is 5.82 Å². The fourth-order valence-electron chi connectivity index (χ4n) is 2.45. The summed E-state index contributed by atoms with van der Waals surface area (Å²) in [4.78, 5) is 0. The third-order valence-corrected chi connectivity index (χ3v) is 3.83. The molecular weight excluding hydrogens is 277 g/mol. The summed E-state index contributed by atoms with van der Waals surface area (Å²) in [5, 5.41) is 0.942. The van der Waals surface area contributed by atoms with Crippen LogP contribution in [0, 0.1) is 5.82 Å². The first-order chi connectivity index (χ1) is 9.50. The molecule has 3 rings (SSSR count). The van der Waals surface area contributed by atoms with E-state index in [1.807, 2.05) is 29.8 Å². The third-order valence-electron chi connectivity index (χ3n) is 3.54. The smallest absolute Gasteiger partial charge is 0.141 e. The molecule has 4 N–H and O–H groups in total. The zero-order valence-corrected chi connectivity index (χ0v) is 11.6. The van der Waals surface area contributed by atoms with Crippen LogP contribution in [0.1, 0.15) is 0 Å². The molecule has 3 aromatic rings. The van der Waals surface area contributed by atoms with E-state index >= 15 is 0 Å². The minimum atomic E-state index is -0.442. The Hall–Kier alpha value is -2.20. The summed E-state index contributed by atoms with van der Waals surface area (Å²) in [6.07, 6.45) is 0. The second-order valence-electron chi connectivity index (χ2n) is 4.69. The molecule has 0 aliphatic heterocycles. The summed E-state index contributed by atoms with van der Waals surface area (Å²) in [6.45, 7) is 0. The first-order valence-electron chi connectivity index (χ1n) is 6.08. The highest BCUT2D eigenvalue weighted by Crippen LogP contribution is 2.38. The molecule has 1 heterocycles. The molecule has 0 aliphatic rings. The van der Waals surface area contributed by atoms with Crippen LogP contribution in [0.5, 0.6) is 0 Å². The topological polar surface area (TPSA) is 57.0 Å². The van der Waals surface area contributed by atoms with Gasteiger partial charge in [0.1, 0.15) is 11.6 Å². The van der Waals surface area contributed by atoms with Gasteiger partial charge in [-0.3, -0.25) is 0 Å².